The van der Waals surface area contributed by atoms with Crippen molar-refractivity contribution in [3.63, 3.8) is 0 Å². The molecule has 104 heavy (non-hydrogen) atoms. The summed E-state index contributed by atoms with van der Waals surface area (Å²) in [6, 6.07) is 133. The van der Waals surface area contributed by atoms with Gasteiger partial charge in [0.15, 0.2) is 0 Å². The molecule has 19 aromatic rings. The lowest BCUT2D eigenvalue weighted by molar-refractivity contribution is 0.457. The molecular weight excluding hydrogens is 1450 g/mol. The van der Waals surface area contributed by atoms with Crippen LogP contribution < -0.4 is 4.65 Å². The maximum Gasteiger partial charge on any atom is 0.569 e. The zero-order chi connectivity index (χ0) is 69.9. The second kappa shape index (κ2) is 29.7. The molecule has 3 aromatic heterocycles. The Labute approximate surface area is 634 Å². The summed E-state index contributed by atoms with van der Waals surface area (Å²) in [6.45, 7) is 0. The smallest absolute Gasteiger partial charge is 0.536 e. The monoisotopic (exact) mass is 1510 g/mol. The van der Waals surface area contributed by atoms with Crippen LogP contribution in [0.1, 0.15) is 0 Å². The number of rotatable bonds is 12. The lowest BCUT2D eigenvalue weighted by Gasteiger charge is -2.17. The van der Waals surface area contributed by atoms with Crippen molar-refractivity contribution in [2.75, 3.05) is 0 Å². The van der Waals surface area contributed by atoms with Gasteiger partial charge in [0, 0.05) is 75.9 Å². The zero-order valence-electron chi connectivity index (χ0n) is 56.1. The molecule has 0 aliphatic heterocycles. The van der Waals surface area contributed by atoms with Gasteiger partial charge in [-0.1, -0.05) is 317 Å². The van der Waals surface area contributed by atoms with Gasteiger partial charge in [-0.15, -0.1) is 34.0 Å². The summed E-state index contributed by atoms with van der Waals surface area (Å²) in [5.41, 5.74) is 24.2. The van der Waals surface area contributed by atoms with E-state index in [2.05, 4.69) is 347 Å². The summed E-state index contributed by atoms with van der Waals surface area (Å²) in [6.07, 6.45) is 0. The number of benzene rings is 16. The van der Waals surface area contributed by atoms with E-state index >= 15 is 0 Å². The minimum absolute atomic E-state index is 0.668. The van der Waals surface area contributed by atoms with Crippen molar-refractivity contribution in [3.8, 4) is 117 Å². The SMILES string of the molecule is Brc1ccccc1-c1ccccc1Br.O[B]Oc1cc(-c2ccccc2)cc2c1sc1ccc(-c3ccccc3)cc12.c1ccc(-c2ccc3sc4c(-c5ccccc5-c5ccccc5-c5cc(-c6ccccc6)cc6c5sc5ccc(-c7ccccc7)cc56)cc(-c5ccccc5)cc4c3c2)cc1. The molecule has 1 radical (unpaired) electrons. The lowest BCUT2D eigenvalue weighted by atomic mass is 9.87. The Morgan fingerprint density at radius 2 is 0.462 bits per heavy atom. The number of fused-ring (bicyclic) bond motifs is 9. The fourth-order valence-electron chi connectivity index (χ4n) is 14.2. The topological polar surface area (TPSA) is 29.5 Å². The molecule has 0 saturated heterocycles. The molecular formula is C96H62BBr2O2S3. The van der Waals surface area contributed by atoms with Crippen molar-refractivity contribution >= 4 is 134 Å². The van der Waals surface area contributed by atoms with Crippen molar-refractivity contribution < 1.29 is 9.68 Å². The summed E-state index contributed by atoms with van der Waals surface area (Å²) < 4.78 is 15.1. The van der Waals surface area contributed by atoms with Crippen LogP contribution in [0.25, 0.3) is 172 Å². The van der Waals surface area contributed by atoms with Gasteiger partial charge < -0.3 is 9.68 Å². The highest BCUT2D eigenvalue weighted by atomic mass is 79.9. The minimum atomic E-state index is 0.668. The van der Waals surface area contributed by atoms with Gasteiger partial charge in [-0.25, -0.2) is 0 Å². The van der Waals surface area contributed by atoms with Crippen LogP contribution >= 0.6 is 65.9 Å². The second-order valence-corrected chi connectivity index (χ2v) is 30.4. The largest absolute Gasteiger partial charge is 0.569 e. The Morgan fingerprint density at radius 3 is 0.779 bits per heavy atom. The van der Waals surface area contributed by atoms with Gasteiger partial charge in [0.25, 0.3) is 0 Å². The first-order chi connectivity index (χ1) is 51.3. The second-order valence-electron chi connectivity index (χ2n) is 25.6. The number of hydrogen-bond acceptors (Lipinski definition) is 5. The number of thiophene rings is 3. The van der Waals surface area contributed by atoms with Crippen LogP contribution in [0.2, 0.25) is 0 Å². The molecule has 0 unspecified atom stereocenters. The minimum Gasteiger partial charge on any atom is -0.536 e. The van der Waals surface area contributed by atoms with E-state index in [0.717, 1.165) is 37.8 Å². The highest BCUT2D eigenvalue weighted by molar-refractivity contribution is 9.11. The molecule has 3 heterocycles. The molecule has 0 aliphatic carbocycles. The normalized spacial score (nSPS) is 11.2. The van der Waals surface area contributed by atoms with Gasteiger partial charge in [0.2, 0.25) is 0 Å². The fourth-order valence-corrected chi connectivity index (χ4v) is 18.7. The van der Waals surface area contributed by atoms with Gasteiger partial charge in [0.05, 0.1) is 4.70 Å². The molecule has 2 nitrogen and oxygen atoms in total. The standard InChI is InChI=1S/C60H38S2.C24H16BO2S.C12H8Br2/c1-5-17-39(18-6-1)43-29-31-57-51(33-43)55-37-45(41-21-9-3-10-22-41)35-53(59(55)61-57)49-27-15-13-25-47(49)48-26-14-16-28-50(48)54-36-46(42-23-11-4-12-24-42)38-56-52-34-44(40-19-7-2-8-20-40)30-32-58(52)62-60(54)56;26-25-27-22-15-19(17-9-5-2-6-10-17)14-21-20-13-18(16-7-3-1-4-8-16)11-12-23(20)28-24(21)22;13-11-7-3-1-5-9(11)10-6-2-4-8-12(10)14/h1-38H;1-15,26H;1-8H. The van der Waals surface area contributed by atoms with Crippen LogP contribution in [-0.4, -0.2) is 12.7 Å². The average molecular weight is 1510 g/mol. The molecule has 0 saturated carbocycles. The van der Waals surface area contributed by atoms with Gasteiger partial charge in [-0.3, -0.25) is 0 Å². The zero-order valence-corrected chi connectivity index (χ0v) is 61.8. The van der Waals surface area contributed by atoms with Gasteiger partial charge in [0.1, 0.15) is 5.75 Å². The molecule has 0 bridgehead atoms. The number of halogens is 2. The van der Waals surface area contributed by atoms with Crippen LogP contribution in [0.4, 0.5) is 0 Å². The molecule has 493 valence electrons. The third-order valence-corrected chi connectivity index (χ3v) is 24.3. The Balaban J connectivity index is 0.000000155. The predicted octanol–water partition coefficient (Wildman–Crippen LogP) is 29.3. The average Bonchev–Trinajstić information content (AvgIpc) is 1.65. The van der Waals surface area contributed by atoms with Crippen LogP contribution in [0.15, 0.2) is 379 Å². The Kier molecular flexibility index (Phi) is 18.9. The molecule has 16 aromatic carbocycles. The quantitative estimate of drug-likeness (QED) is 0.124. The van der Waals surface area contributed by atoms with Crippen molar-refractivity contribution in [2.45, 2.75) is 0 Å². The first-order valence-corrected chi connectivity index (χ1v) is 38.5. The van der Waals surface area contributed by atoms with Crippen molar-refractivity contribution in [3.05, 3.63) is 379 Å². The molecule has 19 rings (SSSR count). The van der Waals surface area contributed by atoms with E-state index in [4.69, 9.17) is 4.65 Å². The van der Waals surface area contributed by atoms with Crippen molar-refractivity contribution in [1.82, 2.24) is 0 Å². The predicted molar refractivity (Wildman–Crippen MR) is 456 cm³/mol. The van der Waals surface area contributed by atoms with Crippen LogP contribution in [0.5, 0.6) is 5.75 Å². The number of hydrogen-bond donors (Lipinski definition) is 1. The summed E-state index contributed by atoms with van der Waals surface area (Å²) in [5, 5.41) is 16.8. The van der Waals surface area contributed by atoms with Gasteiger partial charge in [-0.2, -0.15) is 0 Å². The van der Waals surface area contributed by atoms with E-state index in [-0.39, 0.29) is 0 Å². The summed E-state index contributed by atoms with van der Waals surface area (Å²) in [5.74, 6) is 0.668. The van der Waals surface area contributed by atoms with E-state index in [0.29, 0.717) is 5.75 Å². The van der Waals surface area contributed by atoms with Gasteiger partial charge >= 0.3 is 7.69 Å². The molecule has 0 spiro atoms. The summed E-state index contributed by atoms with van der Waals surface area (Å²) in [7, 11) is 0.753. The maximum absolute atomic E-state index is 9.27. The van der Waals surface area contributed by atoms with Crippen LogP contribution in [-0.2, 0) is 0 Å². The van der Waals surface area contributed by atoms with Crippen molar-refractivity contribution in [1.29, 1.82) is 0 Å². The summed E-state index contributed by atoms with van der Waals surface area (Å²) in [4.78, 5) is 0. The van der Waals surface area contributed by atoms with E-state index in [1.165, 1.54) is 151 Å². The molecule has 0 aliphatic rings. The van der Waals surface area contributed by atoms with E-state index in [1.807, 2.05) is 77.3 Å². The molecule has 0 amide bonds. The molecule has 1 N–H and O–H groups in total. The fraction of sp³-hybridized carbons (Fsp3) is 0. The van der Waals surface area contributed by atoms with Crippen molar-refractivity contribution in [2.24, 2.45) is 0 Å². The Morgan fingerprint density at radius 1 is 0.212 bits per heavy atom. The summed E-state index contributed by atoms with van der Waals surface area (Å²) >= 11 is 12.6. The first kappa shape index (κ1) is 66.2. The van der Waals surface area contributed by atoms with Crippen LogP contribution in [0.3, 0.4) is 0 Å². The van der Waals surface area contributed by atoms with E-state index in [9.17, 15) is 5.02 Å². The van der Waals surface area contributed by atoms with E-state index in [1.54, 1.807) is 11.3 Å². The molecule has 8 heteroatoms. The Hall–Kier alpha value is -11.0. The molecule has 0 atom stereocenters. The van der Waals surface area contributed by atoms with Crippen LogP contribution in [0, 0.1) is 0 Å². The highest BCUT2D eigenvalue weighted by Gasteiger charge is 2.23. The highest BCUT2D eigenvalue weighted by Crippen LogP contribution is 2.51. The maximum atomic E-state index is 9.27. The third kappa shape index (κ3) is 13.3. The third-order valence-electron chi connectivity index (χ3n) is 19.3. The molecule has 0 fully saturated rings. The van der Waals surface area contributed by atoms with Gasteiger partial charge in [-0.05, 0) is 185 Å². The van der Waals surface area contributed by atoms with E-state index < -0.39 is 0 Å². The lowest BCUT2D eigenvalue weighted by Crippen LogP contribution is -1.99. The first-order valence-electron chi connectivity index (χ1n) is 34.5. The Bertz CT molecular complexity index is 6030.